The van der Waals surface area contributed by atoms with Crippen LogP contribution in [-0.2, 0) is 0 Å². The van der Waals surface area contributed by atoms with E-state index in [-0.39, 0.29) is 11.6 Å². The summed E-state index contributed by atoms with van der Waals surface area (Å²) < 4.78 is 18.9. The van der Waals surface area contributed by atoms with Crippen molar-refractivity contribution in [3.8, 4) is 5.75 Å². The molecule has 0 spiro atoms. The van der Waals surface area contributed by atoms with Crippen LogP contribution in [0.2, 0.25) is 0 Å². The molecule has 1 aromatic carbocycles. The molecule has 0 atom stereocenters. The van der Waals surface area contributed by atoms with Crippen LogP contribution in [0.4, 0.5) is 10.1 Å². The van der Waals surface area contributed by atoms with Gasteiger partial charge in [-0.25, -0.2) is 4.39 Å². The van der Waals surface area contributed by atoms with Crippen LogP contribution in [0, 0.1) is 5.82 Å². The van der Waals surface area contributed by atoms with Crippen molar-refractivity contribution in [2.45, 2.75) is 45.1 Å². The molecule has 20 heavy (non-hydrogen) atoms. The number of hydrogen-bond donors (Lipinski definition) is 2. The summed E-state index contributed by atoms with van der Waals surface area (Å²) in [6, 6.07) is 5.23. The topological polar surface area (TPSA) is 33.3 Å². The maximum Gasteiger partial charge on any atom is 0.170 e. The number of anilines is 1. The van der Waals surface area contributed by atoms with Crippen LogP contribution in [0.25, 0.3) is 0 Å². The number of hydrogen-bond acceptors (Lipinski definition) is 2. The lowest BCUT2D eigenvalue weighted by atomic mass is 9.96. The summed E-state index contributed by atoms with van der Waals surface area (Å²) in [5, 5.41) is 6.87. The van der Waals surface area contributed by atoms with E-state index >= 15 is 0 Å². The van der Waals surface area contributed by atoms with Gasteiger partial charge in [-0.3, -0.25) is 0 Å². The minimum atomic E-state index is -0.377. The van der Waals surface area contributed by atoms with Gasteiger partial charge >= 0.3 is 0 Å². The number of thiocarbonyl (C=S) groups is 1. The quantitative estimate of drug-likeness (QED) is 0.827. The zero-order valence-electron chi connectivity index (χ0n) is 11.7. The van der Waals surface area contributed by atoms with Crippen molar-refractivity contribution in [2.24, 2.45) is 0 Å². The lowest BCUT2D eigenvalue weighted by Gasteiger charge is -2.24. The molecule has 1 aliphatic rings. The number of rotatable bonds is 4. The van der Waals surface area contributed by atoms with E-state index in [1.807, 2.05) is 6.92 Å². The molecule has 2 N–H and O–H groups in total. The highest BCUT2D eigenvalue weighted by atomic mass is 32.1. The van der Waals surface area contributed by atoms with E-state index in [1.165, 1.54) is 25.3 Å². The maximum absolute atomic E-state index is 13.7. The first-order chi connectivity index (χ1) is 9.69. The smallest absolute Gasteiger partial charge is 0.170 e. The molecule has 0 aromatic heterocycles. The standard InChI is InChI=1S/C15H21FN2OS/c1-2-19-14-9-8-12(10-13(14)16)18-15(20)17-11-6-4-3-5-7-11/h8-11H,2-7H2,1H3,(H2,17,18,20). The predicted octanol–water partition coefficient (Wildman–Crippen LogP) is 3.84. The molecule has 0 aliphatic heterocycles. The zero-order chi connectivity index (χ0) is 14.4. The Morgan fingerprint density at radius 2 is 2.10 bits per heavy atom. The Bertz CT molecular complexity index is 461. The molecule has 1 aromatic rings. The van der Waals surface area contributed by atoms with E-state index in [0.29, 0.717) is 23.4 Å². The molecule has 0 heterocycles. The fraction of sp³-hybridized carbons (Fsp3) is 0.533. The third-order valence-corrected chi connectivity index (χ3v) is 3.65. The highest BCUT2D eigenvalue weighted by molar-refractivity contribution is 7.80. The lowest BCUT2D eigenvalue weighted by molar-refractivity contribution is 0.321. The molecule has 1 saturated carbocycles. The summed E-state index contributed by atoms with van der Waals surface area (Å²) in [6.45, 7) is 2.28. The Morgan fingerprint density at radius 3 is 2.75 bits per heavy atom. The van der Waals surface area contributed by atoms with Gasteiger partial charge in [-0.1, -0.05) is 19.3 Å². The van der Waals surface area contributed by atoms with Crippen molar-refractivity contribution in [3.63, 3.8) is 0 Å². The molecule has 2 rings (SSSR count). The molecule has 0 saturated heterocycles. The fourth-order valence-corrected chi connectivity index (χ4v) is 2.74. The normalized spacial score (nSPS) is 15.7. The van der Waals surface area contributed by atoms with E-state index in [9.17, 15) is 4.39 Å². The van der Waals surface area contributed by atoms with Crippen LogP contribution < -0.4 is 15.4 Å². The Labute approximate surface area is 124 Å². The highest BCUT2D eigenvalue weighted by Crippen LogP contribution is 2.21. The molecule has 1 aliphatic carbocycles. The third kappa shape index (κ3) is 4.34. The maximum atomic E-state index is 13.7. The van der Waals surface area contributed by atoms with E-state index in [0.717, 1.165) is 12.8 Å². The molecule has 0 radical (unpaired) electrons. The van der Waals surface area contributed by atoms with Crippen molar-refractivity contribution in [2.75, 3.05) is 11.9 Å². The number of ether oxygens (including phenoxy) is 1. The molecular formula is C15H21FN2OS. The summed E-state index contributed by atoms with van der Waals surface area (Å²) in [6.07, 6.45) is 6.11. The molecule has 0 amide bonds. The van der Waals surface area contributed by atoms with Gasteiger partial charge in [-0.05, 0) is 44.1 Å². The Kier molecular flexibility index (Phi) is 5.59. The van der Waals surface area contributed by atoms with Crippen molar-refractivity contribution >= 4 is 23.0 Å². The van der Waals surface area contributed by atoms with Crippen molar-refractivity contribution < 1.29 is 9.13 Å². The van der Waals surface area contributed by atoms with Gasteiger partial charge in [0.15, 0.2) is 16.7 Å². The fourth-order valence-electron chi connectivity index (χ4n) is 2.45. The SMILES string of the molecule is CCOc1ccc(NC(=S)NC2CCCCC2)cc1F. The van der Waals surface area contributed by atoms with Crippen LogP contribution >= 0.6 is 12.2 Å². The molecule has 0 unspecified atom stereocenters. The van der Waals surface area contributed by atoms with E-state index < -0.39 is 0 Å². The summed E-state index contributed by atoms with van der Waals surface area (Å²) in [7, 11) is 0. The molecule has 0 bridgehead atoms. The van der Waals surface area contributed by atoms with E-state index in [4.69, 9.17) is 17.0 Å². The van der Waals surface area contributed by atoms with Crippen LogP contribution in [0.1, 0.15) is 39.0 Å². The highest BCUT2D eigenvalue weighted by Gasteiger charge is 2.14. The van der Waals surface area contributed by atoms with Gasteiger partial charge in [-0.15, -0.1) is 0 Å². The van der Waals surface area contributed by atoms with Gasteiger partial charge in [0, 0.05) is 17.8 Å². The second kappa shape index (κ2) is 7.43. The average Bonchev–Trinajstić information content (AvgIpc) is 2.43. The zero-order valence-corrected chi connectivity index (χ0v) is 12.6. The molecule has 110 valence electrons. The second-order valence-electron chi connectivity index (χ2n) is 5.01. The largest absolute Gasteiger partial charge is 0.491 e. The Morgan fingerprint density at radius 1 is 1.35 bits per heavy atom. The Hall–Kier alpha value is -1.36. The Balaban J connectivity index is 1.88. The van der Waals surface area contributed by atoms with Crippen molar-refractivity contribution in [1.82, 2.24) is 5.32 Å². The number of halogens is 1. The summed E-state index contributed by atoms with van der Waals surface area (Å²) in [5.74, 6) is -0.110. The molecule has 5 heteroatoms. The lowest BCUT2D eigenvalue weighted by Crippen LogP contribution is -2.38. The number of nitrogens with one attached hydrogen (secondary N) is 2. The first-order valence-corrected chi connectivity index (χ1v) is 7.59. The van der Waals surface area contributed by atoms with Gasteiger partial charge in [0.05, 0.1) is 6.61 Å². The minimum absolute atomic E-state index is 0.268. The first kappa shape index (κ1) is 15.0. The van der Waals surface area contributed by atoms with Gasteiger partial charge in [-0.2, -0.15) is 0 Å². The number of benzene rings is 1. The first-order valence-electron chi connectivity index (χ1n) is 7.19. The van der Waals surface area contributed by atoms with Crippen LogP contribution in [-0.4, -0.2) is 17.8 Å². The van der Waals surface area contributed by atoms with Crippen molar-refractivity contribution in [3.05, 3.63) is 24.0 Å². The molecule has 1 fully saturated rings. The van der Waals surface area contributed by atoms with Gasteiger partial charge in [0.1, 0.15) is 0 Å². The summed E-state index contributed by atoms with van der Waals surface area (Å²) in [5.41, 5.74) is 0.638. The summed E-state index contributed by atoms with van der Waals surface area (Å²) >= 11 is 5.27. The monoisotopic (exact) mass is 296 g/mol. The van der Waals surface area contributed by atoms with E-state index in [2.05, 4.69) is 10.6 Å². The third-order valence-electron chi connectivity index (χ3n) is 3.43. The van der Waals surface area contributed by atoms with Gasteiger partial charge < -0.3 is 15.4 Å². The summed E-state index contributed by atoms with van der Waals surface area (Å²) in [4.78, 5) is 0. The van der Waals surface area contributed by atoms with E-state index in [1.54, 1.807) is 12.1 Å². The van der Waals surface area contributed by atoms with Crippen LogP contribution in [0.15, 0.2) is 18.2 Å². The minimum Gasteiger partial charge on any atom is -0.491 e. The van der Waals surface area contributed by atoms with Crippen LogP contribution in [0.3, 0.4) is 0 Å². The van der Waals surface area contributed by atoms with Gasteiger partial charge in [0.2, 0.25) is 0 Å². The van der Waals surface area contributed by atoms with Crippen molar-refractivity contribution in [1.29, 1.82) is 0 Å². The second-order valence-corrected chi connectivity index (χ2v) is 5.42. The van der Waals surface area contributed by atoms with Crippen LogP contribution in [0.5, 0.6) is 5.75 Å². The average molecular weight is 296 g/mol. The predicted molar refractivity (Wildman–Crippen MR) is 83.8 cm³/mol. The molecular weight excluding hydrogens is 275 g/mol. The molecule has 3 nitrogen and oxygen atoms in total. The van der Waals surface area contributed by atoms with Gasteiger partial charge in [0.25, 0.3) is 0 Å².